The average molecular weight is 337 g/mol. The van der Waals surface area contributed by atoms with Crippen LogP contribution in [0.3, 0.4) is 0 Å². The van der Waals surface area contributed by atoms with Crippen LogP contribution in [0, 0.1) is 0 Å². The molecule has 1 heterocycles. The molecule has 0 aromatic carbocycles. The Morgan fingerprint density at radius 1 is 1.39 bits per heavy atom. The number of hydrogen-bond donors (Lipinski definition) is 2. The summed E-state index contributed by atoms with van der Waals surface area (Å²) in [6.45, 7) is 5.27. The van der Waals surface area contributed by atoms with Gasteiger partial charge in [0.05, 0.1) is 0 Å². The van der Waals surface area contributed by atoms with Gasteiger partial charge in [0.1, 0.15) is 5.82 Å². The monoisotopic (exact) mass is 336 g/mol. The van der Waals surface area contributed by atoms with Crippen molar-refractivity contribution >= 4 is 17.7 Å². The van der Waals surface area contributed by atoms with Crippen LogP contribution in [0.5, 0.6) is 0 Å². The number of rotatable bonds is 8. The highest BCUT2D eigenvalue weighted by molar-refractivity contribution is 7.98. The van der Waals surface area contributed by atoms with Gasteiger partial charge in [0.15, 0.2) is 11.1 Å². The zero-order valence-corrected chi connectivity index (χ0v) is 15.0. The smallest absolute Gasteiger partial charge is 0.191 e. The lowest BCUT2D eigenvalue weighted by Crippen LogP contribution is -2.37. The van der Waals surface area contributed by atoms with Crippen LogP contribution in [0.2, 0.25) is 0 Å². The molecule has 128 valence electrons. The first-order chi connectivity index (χ1) is 11.3. The fraction of sp³-hybridized carbons (Fsp3) is 0.688. The van der Waals surface area contributed by atoms with E-state index in [0.29, 0.717) is 12.6 Å². The molecule has 1 fully saturated rings. The molecule has 23 heavy (non-hydrogen) atoms. The Morgan fingerprint density at radius 3 is 2.83 bits per heavy atom. The Balaban J connectivity index is 1.86. The Bertz CT molecular complexity index is 519. The number of nitrogens with zero attached hydrogens (tertiary/aromatic N) is 4. The van der Waals surface area contributed by atoms with Crippen molar-refractivity contribution in [3.05, 3.63) is 18.5 Å². The Kier molecular flexibility index (Phi) is 7.45. The highest BCUT2D eigenvalue weighted by Gasteiger charge is 2.23. The van der Waals surface area contributed by atoms with E-state index in [9.17, 15) is 0 Å². The van der Waals surface area contributed by atoms with Crippen LogP contribution in [0.1, 0.15) is 44.0 Å². The van der Waals surface area contributed by atoms with Crippen molar-refractivity contribution in [1.82, 2.24) is 25.4 Å². The molecule has 0 radical (unpaired) electrons. The van der Waals surface area contributed by atoms with Crippen molar-refractivity contribution in [2.75, 3.05) is 26.4 Å². The van der Waals surface area contributed by atoms with Gasteiger partial charge >= 0.3 is 0 Å². The molecule has 1 aromatic rings. The fourth-order valence-corrected chi connectivity index (χ4v) is 3.56. The van der Waals surface area contributed by atoms with E-state index in [0.717, 1.165) is 36.3 Å². The summed E-state index contributed by atoms with van der Waals surface area (Å²) in [5.74, 6) is 1.93. The van der Waals surface area contributed by atoms with E-state index in [1.165, 1.54) is 25.7 Å². The van der Waals surface area contributed by atoms with Crippen molar-refractivity contribution in [3.63, 3.8) is 0 Å². The van der Waals surface area contributed by atoms with Crippen molar-refractivity contribution in [2.45, 2.75) is 49.7 Å². The van der Waals surface area contributed by atoms with Crippen LogP contribution in [0.15, 0.2) is 22.8 Å². The standard InChI is InChI=1S/C16H28N6S/c1-4-11-18-15(17-2)19-12-7-10-14-20-21-16(23-3)22(14)13-8-5-6-9-13/h4,13H,1,5-12H2,2-3H3,(H2,17,18,19). The molecule has 1 aliphatic rings. The maximum absolute atomic E-state index is 4.42. The molecule has 0 amide bonds. The lowest BCUT2D eigenvalue weighted by Gasteiger charge is -2.16. The summed E-state index contributed by atoms with van der Waals surface area (Å²) < 4.78 is 2.38. The molecule has 2 N–H and O–H groups in total. The maximum atomic E-state index is 4.42. The van der Waals surface area contributed by atoms with E-state index in [1.807, 2.05) is 6.08 Å². The number of nitrogens with one attached hydrogen (secondary N) is 2. The van der Waals surface area contributed by atoms with Crippen molar-refractivity contribution in [2.24, 2.45) is 4.99 Å². The molecule has 0 saturated heterocycles. The minimum Gasteiger partial charge on any atom is -0.356 e. The predicted molar refractivity (Wildman–Crippen MR) is 97.2 cm³/mol. The van der Waals surface area contributed by atoms with Crippen LogP contribution >= 0.6 is 11.8 Å². The van der Waals surface area contributed by atoms with Gasteiger partial charge in [-0.3, -0.25) is 4.99 Å². The van der Waals surface area contributed by atoms with E-state index >= 15 is 0 Å². The largest absolute Gasteiger partial charge is 0.356 e. The van der Waals surface area contributed by atoms with Crippen molar-refractivity contribution < 1.29 is 0 Å². The zero-order valence-electron chi connectivity index (χ0n) is 14.2. The molecule has 0 aliphatic heterocycles. The third-order valence-electron chi connectivity index (χ3n) is 4.11. The van der Waals surface area contributed by atoms with Gasteiger partial charge in [-0.15, -0.1) is 16.8 Å². The van der Waals surface area contributed by atoms with Gasteiger partial charge in [-0.25, -0.2) is 0 Å². The van der Waals surface area contributed by atoms with E-state index in [1.54, 1.807) is 18.8 Å². The molecule has 0 spiro atoms. The summed E-state index contributed by atoms with van der Waals surface area (Å²) in [6.07, 6.45) is 11.0. The zero-order chi connectivity index (χ0) is 16.5. The van der Waals surface area contributed by atoms with Gasteiger partial charge in [0.2, 0.25) is 0 Å². The predicted octanol–water partition coefficient (Wildman–Crippen LogP) is 2.40. The maximum Gasteiger partial charge on any atom is 0.191 e. The lowest BCUT2D eigenvalue weighted by molar-refractivity contribution is 0.460. The molecule has 7 heteroatoms. The number of thioether (sulfide) groups is 1. The number of hydrogen-bond acceptors (Lipinski definition) is 4. The SMILES string of the molecule is C=CCNC(=NC)NCCCc1nnc(SC)n1C1CCCC1. The second-order valence-electron chi connectivity index (χ2n) is 5.68. The third kappa shape index (κ3) is 4.99. The van der Waals surface area contributed by atoms with Crippen LogP contribution in [-0.2, 0) is 6.42 Å². The summed E-state index contributed by atoms with van der Waals surface area (Å²) >= 11 is 1.70. The second kappa shape index (κ2) is 9.60. The van der Waals surface area contributed by atoms with Crippen molar-refractivity contribution in [1.29, 1.82) is 0 Å². The molecule has 1 aromatic heterocycles. The minimum absolute atomic E-state index is 0.595. The lowest BCUT2D eigenvalue weighted by atomic mass is 10.2. The third-order valence-corrected chi connectivity index (χ3v) is 4.76. The Hall–Kier alpha value is -1.50. The average Bonchev–Trinajstić information content (AvgIpc) is 3.22. The Morgan fingerprint density at radius 2 is 2.17 bits per heavy atom. The van der Waals surface area contributed by atoms with Crippen LogP contribution < -0.4 is 10.6 Å². The first kappa shape index (κ1) is 17.8. The summed E-state index contributed by atoms with van der Waals surface area (Å²) in [4.78, 5) is 4.18. The molecule has 0 unspecified atom stereocenters. The number of aliphatic imine (C=N–C) groups is 1. The molecule has 1 saturated carbocycles. The summed E-state index contributed by atoms with van der Waals surface area (Å²) in [6, 6.07) is 0.595. The molecule has 1 aliphatic carbocycles. The fourth-order valence-electron chi connectivity index (χ4n) is 2.99. The van der Waals surface area contributed by atoms with E-state index < -0.39 is 0 Å². The topological polar surface area (TPSA) is 67.1 Å². The van der Waals surface area contributed by atoms with E-state index in [-0.39, 0.29) is 0 Å². The van der Waals surface area contributed by atoms with Gasteiger partial charge in [-0.05, 0) is 25.5 Å². The molecule has 0 atom stereocenters. The quantitative estimate of drug-likeness (QED) is 0.251. The van der Waals surface area contributed by atoms with Crippen LogP contribution in [-0.4, -0.2) is 47.1 Å². The van der Waals surface area contributed by atoms with Gasteiger partial charge in [-0.2, -0.15) is 0 Å². The normalized spacial score (nSPS) is 15.8. The summed E-state index contributed by atoms with van der Waals surface area (Å²) in [7, 11) is 1.78. The Labute approximate surface area is 143 Å². The minimum atomic E-state index is 0.595. The highest BCUT2D eigenvalue weighted by Crippen LogP contribution is 2.33. The van der Waals surface area contributed by atoms with Crippen molar-refractivity contribution in [3.8, 4) is 0 Å². The van der Waals surface area contributed by atoms with Gasteiger partial charge in [0.25, 0.3) is 0 Å². The molecular formula is C16H28N6S. The molecule has 2 rings (SSSR count). The summed E-state index contributed by atoms with van der Waals surface area (Å²) in [5.41, 5.74) is 0. The molecular weight excluding hydrogens is 308 g/mol. The highest BCUT2D eigenvalue weighted by atomic mass is 32.2. The van der Waals surface area contributed by atoms with Crippen LogP contribution in [0.25, 0.3) is 0 Å². The van der Waals surface area contributed by atoms with E-state index in [4.69, 9.17) is 0 Å². The van der Waals surface area contributed by atoms with Crippen LogP contribution in [0.4, 0.5) is 0 Å². The van der Waals surface area contributed by atoms with E-state index in [2.05, 4.69) is 43.2 Å². The first-order valence-electron chi connectivity index (χ1n) is 8.33. The molecule has 0 bridgehead atoms. The summed E-state index contributed by atoms with van der Waals surface area (Å²) in [5, 5.41) is 16.3. The number of aromatic nitrogens is 3. The van der Waals surface area contributed by atoms with Gasteiger partial charge < -0.3 is 15.2 Å². The number of aryl methyl sites for hydroxylation is 1. The molecule has 6 nitrogen and oxygen atoms in total. The first-order valence-corrected chi connectivity index (χ1v) is 9.55. The number of guanidine groups is 1. The van der Waals surface area contributed by atoms with Gasteiger partial charge in [-0.1, -0.05) is 30.7 Å². The second-order valence-corrected chi connectivity index (χ2v) is 6.46. The van der Waals surface area contributed by atoms with Gasteiger partial charge in [0, 0.05) is 32.6 Å².